The Labute approximate surface area is 87.2 Å². The molecule has 0 aliphatic rings. The van der Waals surface area contributed by atoms with E-state index in [4.69, 9.17) is 0 Å². The Bertz CT molecular complexity index is 479. The Morgan fingerprint density at radius 3 is 2.47 bits per heavy atom. The van der Waals surface area contributed by atoms with Gasteiger partial charge in [0.2, 0.25) is 0 Å². The van der Waals surface area contributed by atoms with Gasteiger partial charge in [-0.3, -0.25) is 4.68 Å². The smallest absolute Gasteiger partial charge is 0.141 e. The Hall–Kier alpha value is -1.98. The third-order valence-electron chi connectivity index (χ3n) is 2.29. The predicted octanol–water partition coefficient (Wildman–Crippen LogP) is 0.511. The van der Waals surface area contributed by atoms with E-state index in [2.05, 4.69) is 20.4 Å². The van der Waals surface area contributed by atoms with Gasteiger partial charge in [0.25, 0.3) is 0 Å². The second kappa shape index (κ2) is 3.64. The lowest BCUT2D eigenvalue weighted by Gasteiger charge is -1.94. The van der Waals surface area contributed by atoms with Crippen molar-refractivity contribution in [2.24, 2.45) is 12.1 Å². The predicted molar refractivity (Wildman–Crippen MR) is 55.7 cm³/mol. The van der Waals surface area contributed by atoms with Crippen LogP contribution in [0.2, 0.25) is 0 Å². The highest BCUT2D eigenvalue weighted by Gasteiger charge is 2.06. The Morgan fingerprint density at radius 2 is 1.93 bits per heavy atom. The fourth-order valence-corrected chi connectivity index (χ4v) is 1.36. The van der Waals surface area contributed by atoms with Crippen LogP contribution in [0.4, 0.5) is 0 Å². The van der Waals surface area contributed by atoms with Crippen molar-refractivity contribution in [3.05, 3.63) is 29.6 Å². The molecule has 0 spiro atoms. The molecule has 2 heterocycles. The maximum atomic E-state index is 4.30. The summed E-state index contributed by atoms with van der Waals surface area (Å²) in [5.41, 5.74) is 3.09. The van der Waals surface area contributed by atoms with Crippen LogP contribution in [0.3, 0.4) is 0 Å². The number of rotatable bonds is 2. The fourth-order valence-electron chi connectivity index (χ4n) is 1.36. The van der Waals surface area contributed by atoms with Crippen molar-refractivity contribution in [3.8, 4) is 0 Å². The zero-order chi connectivity index (χ0) is 10.8. The van der Waals surface area contributed by atoms with E-state index in [0.717, 1.165) is 17.0 Å². The van der Waals surface area contributed by atoms with Crippen LogP contribution >= 0.6 is 0 Å². The van der Waals surface area contributed by atoms with Crippen LogP contribution in [0.1, 0.15) is 17.0 Å². The van der Waals surface area contributed by atoms with Crippen LogP contribution in [-0.4, -0.2) is 30.9 Å². The molecule has 0 saturated heterocycles. The van der Waals surface area contributed by atoms with Crippen molar-refractivity contribution in [1.82, 2.24) is 24.7 Å². The summed E-state index contributed by atoms with van der Waals surface area (Å²) in [6.45, 7) is 3.97. The molecule has 6 nitrogen and oxygen atoms in total. The maximum Gasteiger partial charge on any atom is 0.141 e. The second-order valence-corrected chi connectivity index (χ2v) is 3.29. The highest BCUT2D eigenvalue weighted by Crippen LogP contribution is 2.08. The largest absolute Gasteiger partial charge is 0.272 e. The van der Waals surface area contributed by atoms with E-state index in [9.17, 15) is 0 Å². The fraction of sp³-hybridized carbons (Fsp3) is 0.333. The first-order chi connectivity index (χ1) is 7.18. The number of aromatic nitrogens is 5. The van der Waals surface area contributed by atoms with Crippen molar-refractivity contribution in [3.63, 3.8) is 0 Å². The van der Waals surface area contributed by atoms with Crippen molar-refractivity contribution in [2.75, 3.05) is 0 Å². The topological polar surface area (TPSA) is 60.9 Å². The summed E-state index contributed by atoms with van der Waals surface area (Å²) in [7, 11) is 1.92. The van der Waals surface area contributed by atoms with Gasteiger partial charge in [0.15, 0.2) is 0 Å². The molecule has 15 heavy (non-hydrogen) atoms. The summed E-state index contributed by atoms with van der Waals surface area (Å²) in [4.78, 5) is 0. The maximum absolute atomic E-state index is 4.30. The molecule has 0 saturated carbocycles. The lowest BCUT2D eigenvalue weighted by molar-refractivity contribution is 0.731. The Kier molecular flexibility index (Phi) is 2.32. The second-order valence-electron chi connectivity index (χ2n) is 3.29. The quantitative estimate of drug-likeness (QED) is 0.670. The third kappa shape index (κ3) is 1.78. The van der Waals surface area contributed by atoms with Crippen molar-refractivity contribution in [1.29, 1.82) is 0 Å². The molecular weight excluding hydrogens is 192 g/mol. The zero-order valence-electron chi connectivity index (χ0n) is 8.92. The van der Waals surface area contributed by atoms with E-state index in [1.807, 2.05) is 25.6 Å². The zero-order valence-corrected chi connectivity index (χ0v) is 8.92. The number of hydrogen-bond acceptors (Lipinski definition) is 4. The molecule has 0 aromatic carbocycles. The summed E-state index contributed by atoms with van der Waals surface area (Å²) < 4.78 is 3.38. The first kappa shape index (κ1) is 9.57. The van der Waals surface area contributed by atoms with Crippen LogP contribution in [0.15, 0.2) is 17.8 Å². The molecule has 0 fully saturated rings. The van der Waals surface area contributed by atoms with Crippen LogP contribution in [-0.2, 0) is 7.05 Å². The summed E-state index contributed by atoms with van der Waals surface area (Å²) >= 11 is 0. The van der Waals surface area contributed by atoms with Gasteiger partial charge in [0.1, 0.15) is 12.7 Å². The Balaban J connectivity index is 2.32. The minimum atomic E-state index is 0.965. The lowest BCUT2D eigenvalue weighted by Crippen LogP contribution is -1.94. The normalized spacial score (nSPS) is 11.4. The van der Waals surface area contributed by atoms with E-state index < -0.39 is 0 Å². The van der Waals surface area contributed by atoms with Crippen LogP contribution in [0.25, 0.3) is 0 Å². The number of aryl methyl sites for hydroxylation is 2. The van der Waals surface area contributed by atoms with Crippen molar-refractivity contribution < 1.29 is 0 Å². The summed E-state index contributed by atoms with van der Waals surface area (Å²) in [6, 6.07) is 0. The lowest BCUT2D eigenvalue weighted by atomic mass is 10.2. The van der Waals surface area contributed by atoms with Gasteiger partial charge >= 0.3 is 0 Å². The van der Waals surface area contributed by atoms with Gasteiger partial charge in [-0.1, -0.05) is 0 Å². The SMILES string of the molecule is Cc1nn(C)c(C)c1C=Nn1cnnc1. The van der Waals surface area contributed by atoms with Gasteiger partial charge in [-0.25, -0.2) is 4.68 Å². The molecule has 0 N–H and O–H groups in total. The highest BCUT2D eigenvalue weighted by atomic mass is 15.4. The van der Waals surface area contributed by atoms with Gasteiger partial charge in [-0.2, -0.15) is 10.2 Å². The van der Waals surface area contributed by atoms with Gasteiger partial charge < -0.3 is 0 Å². The van der Waals surface area contributed by atoms with Crippen LogP contribution in [0.5, 0.6) is 0 Å². The molecule has 0 aliphatic carbocycles. The molecule has 0 atom stereocenters. The first-order valence-electron chi connectivity index (χ1n) is 4.57. The monoisotopic (exact) mass is 204 g/mol. The molecular formula is C9H12N6. The standard InChI is InChI=1S/C9H12N6/c1-7-9(8(2)14(3)13-7)4-12-15-5-10-11-6-15/h4-6H,1-3H3. The van der Waals surface area contributed by atoms with Gasteiger partial charge in [-0.05, 0) is 13.8 Å². The molecule has 2 rings (SSSR count). The number of hydrogen-bond donors (Lipinski definition) is 0. The van der Waals surface area contributed by atoms with E-state index in [1.54, 1.807) is 10.9 Å². The molecule has 2 aromatic heterocycles. The van der Waals surface area contributed by atoms with Gasteiger partial charge in [0, 0.05) is 18.3 Å². The molecule has 0 aliphatic heterocycles. The summed E-state index contributed by atoms with van der Waals surface area (Å²) in [6.07, 6.45) is 4.84. The van der Waals surface area contributed by atoms with Gasteiger partial charge in [-0.15, -0.1) is 10.2 Å². The Morgan fingerprint density at radius 1 is 1.27 bits per heavy atom. The molecule has 0 amide bonds. The first-order valence-corrected chi connectivity index (χ1v) is 4.57. The molecule has 0 unspecified atom stereocenters. The minimum Gasteiger partial charge on any atom is -0.272 e. The summed E-state index contributed by atoms with van der Waals surface area (Å²) in [5.74, 6) is 0. The third-order valence-corrected chi connectivity index (χ3v) is 2.29. The molecule has 6 heteroatoms. The van der Waals surface area contributed by atoms with E-state index >= 15 is 0 Å². The summed E-state index contributed by atoms with van der Waals surface area (Å²) in [5, 5.41) is 15.8. The van der Waals surface area contributed by atoms with Gasteiger partial charge in [0.05, 0.1) is 11.9 Å². The minimum absolute atomic E-state index is 0.965. The van der Waals surface area contributed by atoms with E-state index in [0.29, 0.717) is 0 Å². The molecule has 78 valence electrons. The van der Waals surface area contributed by atoms with E-state index in [1.165, 1.54) is 12.7 Å². The average molecular weight is 204 g/mol. The van der Waals surface area contributed by atoms with Crippen LogP contribution < -0.4 is 0 Å². The van der Waals surface area contributed by atoms with Crippen molar-refractivity contribution >= 4 is 6.21 Å². The number of nitrogens with zero attached hydrogens (tertiary/aromatic N) is 6. The van der Waals surface area contributed by atoms with Crippen LogP contribution in [0, 0.1) is 13.8 Å². The molecule has 0 bridgehead atoms. The van der Waals surface area contributed by atoms with E-state index in [-0.39, 0.29) is 0 Å². The molecule has 2 aromatic rings. The average Bonchev–Trinajstić information content (AvgIpc) is 2.76. The van der Waals surface area contributed by atoms with Crippen molar-refractivity contribution in [2.45, 2.75) is 13.8 Å². The molecule has 0 radical (unpaired) electrons. The highest BCUT2D eigenvalue weighted by molar-refractivity contribution is 5.82.